The fraction of sp³-hybridized carbons (Fsp3) is 0.0169. The van der Waals surface area contributed by atoms with E-state index in [4.69, 9.17) is 14.4 Å². The van der Waals surface area contributed by atoms with Crippen LogP contribution in [-0.2, 0) is 5.41 Å². The van der Waals surface area contributed by atoms with Gasteiger partial charge in [-0.05, 0) is 92.0 Å². The molecule has 3 nitrogen and oxygen atoms in total. The Morgan fingerprint density at radius 3 is 1.61 bits per heavy atom. The summed E-state index contributed by atoms with van der Waals surface area (Å²) in [6.45, 7) is 0. The van der Waals surface area contributed by atoms with Gasteiger partial charge in [0.05, 0.1) is 16.8 Å². The molecule has 0 spiro atoms. The summed E-state index contributed by atoms with van der Waals surface area (Å²) < 4.78 is 6.25. The van der Waals surface area contributed by atoms with Crippen LogP contribution in [0.2, 0.25) is 0 Å². The van der Waals surface area contributed by atoms with Crippen molar-refractivity contribution in [3.8, 4) is 67.3 Å². The molecule has 0 unspecified atom stereocenters. The monoisotopic (exact) mass is 790 g/mol. The highest BCUT2D eigenvalue weighted by Gasteiger charge is 2.46. The maximum atomic E-state index is 6.25. The van der Waals surface area contributed by atoms with Crippen molar-refractivity contribution in [3.63, 3.8) is 0 Å². The van der Waals surface area contributed by atoms with Crippen LogP contribution in [-0.4, -0.2) is 9.97 Å². The third kappa shape index (κ3) is 5.82. The standard InChI is InChI=1S/C59H38N2O/c1-4-15-39(16-5-1)42-17-14-18-45(35-42)58-60-54(41-29-27-40(28-30-41)43-31-34-51-50-24-11-13-26-56(50)62-57(51)37-43)38-55(61-58)44-32-33-49-48-23-10-12-25-52(48)59(53(49)36-44,46-19-6-2-7-20-46)47-21-8-3-9-22-47/h1-38H. The molecule has 2 heterocycles. The summed E-state index contributed by atoms with van der Waals surface area (Å²) in [7, 11) is 0. The van der Waals surface area contributed by atoms with Gasteiger partial charge in [-0.2, -0.15) is 0 Å². The van der Waals surface area contributed by atoms with Crippen molar-refractivity contribution < 1.29 is 4.42 Å². The number of aromatic nitrogens is 2. The van der Waals surface area contributed by atoms with Gasteiger partial charge in [-0.3, -0.25) is 0 Å². The Hall–Kier alpha value is -8.14. The predicted octanol–water partition coefficient (Wildman–Crippen LogP) is 15.1. The molecule has 3 heteroatoms. The van der Waals surface area contributed by atoms with Gasteiger partial charge in [0, 0.05) is 27.5 Å². The lowest BCUT2D eigenvalue weighted by Gasteiger charge is -2.34. The molecule has 0 fully saturated rings. The van der Waals surface area contributed by atoms with Crippen molar-refractivity contribution in [3.05, 3.63) is 253 Å². The van der Waals surface area contributed by atoms with E-state index in [1.54, 1.807) is 0 Å². The first kappa shape index (κ1) is 35.8. The summed E-state index contributed by atoms with van der Waals surface area (Å²) in [4.78, 5) is 10.7. The minimum Gasteiger partial charge on any atom is -0.456 e. The normalized spacial score (nSPS) is 12.6. The molecule has 0 amide bonds. The first-order valence-electron chi connectivity index (χ1n) is 21.1. The molecule has 290 valence electrons. The molecule has 0 atom stereocenters. The molecule has 0 N–H and O–H groups in total. The Labute approximate surface area is 360 Å². The Balaban J connectivity index is 1.02. The van der Waals surface area contributed by atoms with Crippen LogP contribution in [0.1, 0.15) is 22.3 Å². The number of benzene rings is 9. The van der Waals surface area contributed by atoms with E-state index in [1.807, 2.05) is 18.2 Å². The summed E-state index contributed by atoms with van der Waals surface area (Å²) in [6.07, 6.45) is 0. The Kier molecular flexibility index (Phi) is 8.39. The number of hydrogen-bond donors (Lipinski definition) is 0. The van der Waals surface area contributed by atoms with E-state index >= 15 is 0 Å². The maximum Gasteiger partial charge on any atom is 0.160 e. The molecule has 12 rings (SSSR count). The molecule has 0 aliphatic heterocycles. The van der Waals surface area contributed by atoms with Gasteiger partial charge in [0.2, 0.25) is 0 Å². The second-order valence-electron chi connectivity index (χ2n) is 16.1. The molecule has 0 saturated heterocycles. The molecule has 11 aromatic rings. The Morgan fingerprint density at radius 1 is 0.306 bits per heavy atom. The zero-order valence-electron chi connectivity index (χ0n) is 33.7. The van der Waals surface area contributed by atoms with Crippen molar-refractivity contribution in [2.45, 2.75) is 5.41 Å². The average molecular weight is 791 g/mol. The summed E-state index contributed by atoms with van der Waals surface area (Å²) in [5, 5.41) is 2.26. The predicted molar refractivity (Wildman–Crippen MR) is 254 cm³/mol. The number of hydrogen-bond acceptors (Lipinski definition) is 3. The number of furan rings is 1. The first-order chi connectivity index (χ1) is 30.7. The van der Waals surface area contributed by atoms with E-state index in [9.17, 15) is 0 Å². The molecule has 0 bridgehead atoms. The summed E-state index contributed by atoms with van der Waals surface area (Å²) in [5.74, 6) is 0.677. The molecule has 1 aliphatic carbocycles. The van der Waals surface area contributed by atoms with Crippen molar-refractivity contribution in [1.29, 1.82) is 0 Å². The highest BCUT2D eigenvalue weighted by Crippen LogP contribution is 2.56. The van der Waals surface area contributed by atoms with Crippen LogP contribution in [0.25, 0.3) is 89.2 Å². The van der Waals surface area contributed by atoms with Crippen molar-refractivity contribution in [2.24, 2.45) is 0 Å². The van der Waals surface area contributed by atoms with Crippen LogP contribution in [0.4, 0.5) is 0 Å². The zero-order chi connectivity index (χ0) is 41.0. The number of para-hydroxylation sites is 1. The molecular weight excluding hydrogens is 753 g/mol. The smallest absolute Gasteiger partial charge is 0.160 e. The van der Waals surface area contributed by atoms with Crippen LogP contribution in [0.15, 0.2) is 235 Å². The summed E-state index contributed by atoms with van der Waals surface area (Å²) in [6, 6.07) is 82.3. The third-order valence-corrected chi connectivity index (χ3v) is 12.6. The zero-order valence-corrected chi connectivity index (χ0v) is 33.7. The van der Waals surface area contributed by atoms with Crippen LogP contribution >= 0.6 is 0 Å². The highest BCUT2D eigenvalue weighted by molar-refractivity contribution is 6.06. The molecule has 0 saturated carbocycles. The van der Waals surface area contributed by atoms with E-state index in [0.717, 1.165) is 72.3 Å². The van der Waals surface area contributed by atoms with Gasteiger partial charge in [0.25, 0.3) is 0 Å². The Bertz CT molecular complexity index is 3400. The highest BCUT2D eigenvalue weighted by atomic mass is 16.3. The van der Waals surface area contributed by atoms with Gasteiger partial charge in [-0.15, -0.1) is 0 Å². The summed E-state index contributed by atoms with van der Waals surface area (Å²) >= 11 is 0. The van der Waals surface area contributed by atoms with E-state index in [-0.39, 0.29) is 0 Å². The van der Waals surface area contributed by atoms with E-state index in [1.165, 1.54) is 33.4 Å². The fourth-order valence-electron chi connectivity index (χ4n) is 9.68. The number of rotatable bonds is 7. The second kappa shape index (κ2) is 14.5. The van der Waals surface area contributed by atoms with Gasteiger partial charge in [0.15, 0.2) is 5.82 Å². The first-order valence-corrected chi connectivity index (χ1v) is 21.1. The Morgan fingerprint density at radius 2 is 0.839 bits per heavy atom. The lowest BCUT2D eigenvalue weighted by molar-refractivity contribution is 0.669. The van der Waals surface area contributed by atoms with Crippen LogP contribution in [0, 0.1) is 0 Å². The molecule has 62 heavy (non-hydrogen) atoms. The minimum absolute atomic E-state index is 0.519. The molecule has 9 aromatic carbocycles. The molecule has 1 aliphatic rings. The van der Waals surface area contributed by atoms with Gasteiger partial charge < -0.3 is 4.42 Å². The van der Waals surface area contributed by atoms with Crippen molar-refractivity contribution in [2.75, 3.05) is 0 Å². The van der Waals surface area contributed by atoms with Gasteiger partial charge in [0.1, 0.15) is 11.2 Å². The lowest BCUT2D eigenvalue weighted by atomic mass is 9.67. The van der Waals surface area contributed by atoms with Gasteiger partial charge in [-0.1, -0.05) is 194 Å². The SMILES string of the molecule is c1ccc(-c2cccc(-c3nc(-c4ccc(-c5ccc6c(c5)oc5ccccc56)cc4)cc(-c4ccc5c(c4)C(c4ccccc4)(c4ccccc4)c4ccccc4-5)n3)c2)cc1. The van der Waals surface area contributed by atoms with Gasteiger partial charge >= 0.3 is 0 Å². The largest absolute Gasteiger partial charge is 0.456 e. The molecular formula is C59H38N2O. The van der Waals surface area contributed by atoms with Crippen LogP contribution in [0.5, 0.6) is 0 Å². The van der Waals surface area contributed by atoms with E-state index in [0.29, 0.717) is 5.82 Å². The average Bonchev–Trinajstić information content (AvgIpc) is 3.88. The number of nitrogens with zero attached hydrogens (tertiary/aromatic N) is 2. The van der Waals surface area contributed by atoms with E-state index < -0.39 is 5.41 Å². The van der Waals surface area contributed by atoms with Crippen LogP contribution in [0.3, 0.4) is 0 Å². The molecule has 0 radical (unpaired) electrons. The van der Waals surface area contributed by atoms with Crippen molar-refractivity contribution >= 4 is 21.9 Å². The second-order valence-corrected chi connectivity index (χ2v) is 16.1. The third-order valence-electron chi connectivity index (χ3n) is 12.6. The number of fused-ring (bicyclic) bond motifs is 6. The lowest BCUT2D eigenvalue weighted by Crippen LogP contribution is -2.28. The minimum atomic E-state index is -0.519. The molecule has 2 aromatic heterocycles. The van der Waals surface area contributed by atoms with Crippen LogP contribution < -0.4 is 0 Å². The maximum absolute atomic E-state index is 6.25. The quantitative estimate of drug-likeness (QED) is 0.161. The van der Waals surface area contributed by atoms with Gasteiger partial charge in [-0.25, -0.2) is 9.97 Å². The fourth-order valence-corrected chi connectivity index (χ4v) is 9.68. The van der Waals surface area contributed by atoms with E-state index in [2.05, 4.69) is 212 Å². The summed E-state index contributed by atoms with van der Waals surface area (Å²) in [5.41, 5.74) is 18.0. The topological polar surface area (TPSA) is 38.9 Å². The van der Waals surface area contributed by atoms with Crippen molar-refractivity contribution in [1.82, 2.24) is 9.97 Å².